The smallest absolute Gasteiger partial charge is 0.326 e. The third-order valence-electron chi connectivity index (χ3n) is 4.44. The van der Waals surface area contributed by atoms with Crippen molar-refractivity contribution in [3.05, 3.63) is 34.2 Å². The predicted octanol–water partition coefficient (Wildman–Crippen LogP) is 1.51. The third-order valence-corrected chi connectivity index (χ3v) is 4.44. The summed E-state index contributed by atoms with van der Waals surface area (Å²) < 4.78 is 1.83. The van der Waals surface area contributed by atoms with Crippen molar-refractivity contribution in [2.45, 2.75) is 31.7 Å². The van der Waals surface area contributed by atoms with Gasteiger partial charge in [-0.15, -0.1) is 0 Å². The van der Waals surface area contributed by atoms with E-state index in [0.29, 0.717) is 11.1 Å². The average Bonchev–Trinajstić information content (AvgIpc) is 3.12. The molecule has 1 heterocycles. The van der Waals surface area contributed by atoms with Crippen LogP contribution in [-0.2, 0) is 0 Å². The number of H-pyrrole nitrogens is 1. The summed E-state index contributed by atoms with van der Waals surface area (Å²) in [5, 5.41) is 8.92. The zero-order valence-corrected chi connectivity index (χ0v) is 12.7. The van der Waals surface area contributed by atoms with E-state index >= 15 is 0 Å². The molecule has 0 spiro atoms. The molecule has 1 aromatic carbocycles. The number of carbonyl (C=O) groups is 1. The number of benzene rings is 1. The highest BCUT2D eigenvalue weighted by Crippen LogP contribution is 2.30. The number of likely N-dealkylation sites (N-methyl/N-ethyl adjacent to an activating group) is 1. The van der Waals surface area contributed by atoms with E-state index in [1.54, 1.807) is 19.2 Å². The monoisotopic (exact) mass is 303 g/mol. The summed E-state index contributed by atoms with van der Waals surface area (Å²) in [6, 6.07) is 5.57. The highest BCUT2D eigenvalue weighted by Gasteiger charge is 2.21. The lowest BCUT2D eigenvalue weighted by Crippen LogP contribution is -2.29. The van der Waals surface area contributed by atoms with Gasteiger partial charge in [0, 0.05) is 25.2 Å². The van der Waals surface area contributed by atoms with Crippen LogP contribution in [0.3, 0.4) is 0 Å². The number of amides is 1. The second-order valence-corrected chi connectivity index (χ2v) is 5.92. The van der Waals surface area contributed by atoms with E-state index in [4.69, 9.17) is 5.11 Å². The van der Waals surface area contributed by atoms with Crippen molar-refractivity contribution in [1.82, 2.24) is 14.5 Å². The van der Waals surface area contributed by atoms with Crippen LogP contribution in [0.15, 0.2) is 23.0 Å². The Kier molecular flexibility index (Phi) is 4.02. The van der Waals surface area contributed by atoms with Gasteiger partial charge in [-0.2, -0.15) is 0 Å². The quantitative estimate of drug-likeness (QED) is 0.898. The minimum Gasteiger partial charge on any atom is -0.395 e. The van der Waals surface area contributed by atoms with E-state index in [9.17, 15) is 9.59 Å². The molecule has 0 atom stereocenters. The first-order valence-electron chi connectivity index (χ1n) is 7.72. The van der Waals surface area contributed by atoms with Crippen LogP contribution in [0.5, 0.6) is 0 Å². The molecule has 3 rings (SSSR count). The van der Waals surface area contributed by atoms with Gasteiger partial charge < -0.3 is 15.0 Å². The molecule has 118 valence electrons. The minimum atomic E-state index is -0.162. The fraction of sp³-hybridized carbons (Fsp3) is 0.500. The lowest BCUT2D eigenvalue weighted by atomic mass is 10.1. The summed E-state index contributed by atoms with van der Waals surface area (Å²) in [6.45, 7) is 0.218. The molecule has 6 heteroatoms. The number of imidazole rings is 1. The van der Waals surface area contributed by atoms with Gasteiger partial charge in [0.2, 0.25) is 0 Å². The van der Waals surface area contributed by atoms with Crippen LogP contribution in [-0.4, -0.2) is 45.7 Å². The molecule has 0 saturated heterocycles. The third kappa shape index (κ3) is 2.54. The normalized spacial score (nSPS) is 15.5. The Morgan fingerprint density at radius 2 is 2.14 bits per heavy atom. The van der Waals surface area contributed by atoms with Gasteiger partial charge in [0.1, 0.15) is 0 Å². The molecular formula is C16H21N3O3. The molecule has 1 aliphatic rings. The number of nitrogens with zero attached hydrogens (tertiary/aromatic N) is 2. The maximum absolute atomic E-state index is 12.2. The molecular weight excluding hydrogens is 282 g/mol. The van der Waals surface area contributed by atoms with E-state index < -0.39 is 0 Å². The van der Waals surface area contributed by atoms with Crippen molar-refractivity contribution in [3.8, 4) is 0 Å². The second-order valence-electron chi connectivity index (χ2n) is 5.92. The standard InChI is InChI=1S/C16H21N3O3/c1-18(8-9-20)15(21)11-6-7-14-13(10-11)17-16(22)19(14)12-4-2-3-5-12/h6-7,10,12,20H,2-5,8-9H2,1H3,(H,17,22). The summed E-state index contributed by atoms with van der Waals surface area (Å²) in [5.74, 6) is -0.162. The van der Waals surface area contributed by atoms with E-state index in [1.807, 2.05) is 10.6 Å². The van der Waals surface area contributed by atoms with Crippen molar-refractivity contribution < 1.29 is 9.90 Å². The number of aromatic amines is 1. The molecule has 1 saturated carbocycles. The molecule has 0 aliphatic heterocycles. The van der Waals surface area contributed by atoms with Gasteiger partial charge in [-0.1, -0.05) is 12.8 Å². The van der Waals surface area contributed by atoms with Crippen molar-refractivity contribution in [1.29, 1.82) is 0 Å². The number of carbonyl (C=O) groups excluding carboxylic acids is 1. The zero-order chi connectivity index (χ0) is 15.7. The number of aliphatic hydroxyl groups excluding tert-OH is 1. The average molecular weight is 303 g/mol. The Morgan fingerprint density at radius 3 is 2.82 bits per heavy atom. The predicted molar refractivity (Wildman–Crippen MR) is 84.1 cm³/mol. The van der Waals surface area contributed by atoms with Gasteiger partial charge in [0.05, 0.1) is 17.6 Å². The Bertz CT molecular complexity index is 741. The van der Waals surface area contributed by atoms with Gasteiger partial charge in [0.15, 0.2) is 0 Å². The lowest BCUT2D eigenvalue weighted by molar-refractivity contribution is 0.0767. The summed E-state index contributed by atoms with van der Waals surface area (Å²) in [7, 11) is 1.65. The maximum Gasteiger partial charge on any atom is 0.326 e. The number of hydrogen-bond donors (Lipinski definition) is 2. The fourth-order valence-corrected chi connectivity index (χ4v) is 3.26. The summed E-state index contributed by atoms with van der Waals surface area (Å²) in [5.41, 5.74) is 1.97. The van der Waals surface area contributed by atoms with Crippen LogP contribution in [0.4, 0.5) is 0 Å². The number of aliphatic hydroxyl groups is 1. The molecule has 1 aromatic heterocycles. The molecule has 1 amide bonds. The molecule has 6 nitrogen and oxygen atoms in total. The van der Waals surface area contributed by atoms with E-state index in [1.165, 1.54) is 4.90 Å². The number of rotatable bonds is 4. The second kappa shape index (κ2) is 5.96. The zero-order valence-electron chi connectivity index (χ0n) is 12.7. The van der Waals surface area contributed by atoms with Gasteiger partial charge in [-0.25, -0.2) is 4.79 Å². The minimum absolute atomic E-state index is 0.0701. The first-order chi connectivity index (χ1) is 10.6. The Hall–Kier alpha value is -2.08. The van der Waals surface area contributed by atoms with Crippen molar-refractivity contribution in [2.75, 3.05) is 20.2 Å². The van der Waals surface area contributed by atoms with Gasteiger partial charge in [0.25, 0.3) is 5.91 Å². The molecule has 2 N–H and O–H groups in total. The Labute approximate surface area is 128 Å². The molecule has 1 aliphatic carbocycles. The SMILES string of the molecule is CN(CCO)C(=O)c1ccc2c(c1)[nH]c(=O)n2C1CCCC1. The highest BCUT2D eigenvalue weighted by atomic mass is 16.3. The summed E-state index contributed by atoms with van der Waals surface area (Å²) in [6.07, 6.45) is 4.39. The van der Waals surface area contributed by atoms with Crippen LogP contribution >= 0.6 is 0 Å². The van der Waals surface area contributed by atoms with Crippen LogP contribution in [0.1, 0.15) is 42.1 Å². The van der Waals surface area contributed by atoms with Gasteiger partial charge in [-0.05, 0) is 31.0 Å². The van der Waals surface area contributed by atoms with Crippen molar-refractivity contribution in [3.63, 3.8) is 0 Å². The van der Waals surface area contributed by atoms with Crippen molar-refractivity contribution >= 4 is 16.9 Å². The lowest BCUT2D eigenvalue weighted by Gasteiger charge is -2.16. The topological polar surface area (TPSA) is 78.3 Å². The number of aromatic nitrogens is 2. The van der Waals surface area contributed by atoms with Crippen molar-refractivity contribution in [2.24, 2.45) is 0 Å². The molecule has 0 unspecified atom stereocenters. The number of nitrogens with one attached hydrogen (secondary N) is 1. The number of fused-ring (bicyclic) bond motifs is 1. The van der Waals surface area contributed by atoms with Crippen LogP contribution in [0, 0.1) is 0 Å². The first kappa shape index (κ1) is 14.8. The van der Waals surface area contributed by atoms with Crippen LogP contribution in [0.25, 0.3) is 11.0 Å². The van der Waals surface area contributed by atoms with Crippen LogP contribution in [0.2, 0.25) is 0 Å². The largest absolute Gasteiger partial charge is 0.395 e. The molecule has 0 bridgehead atoms. The summed E-state index contributed by atoms with van der Waals surface area (Å²) >= 11 is 0. The van der Waals surface area contributed by atoms with E-state index in [-0.39, 0.29) is 30.8 Å². The van der Waals surface area contributed by atoms with Gasteiger partial charge >= 0.3 is 5.69 Å². The van der Waals surface area contributed by atoms with E-state index in [0.717, 1.165) is 31.2 Å². The first-order valence-corrected chi connectivity index (χ1v) is 7.72. The van der Waals surface area contributed by atoms with E-state index in [2.05, 4.69) is 4.98 Å². The molecule has 0 radical (unpaired) electrons. The maximum atomic E-state index is 12.2. The Morgan fingerprint density at radius 1 is 1.41 bits per heavy atom. The van der Waals surface area contributed by atoms with Crippen LogP contribution < -0.4 is 5.69 Å². The fourth-order valence-electron chi connectivity index (χ4n) is 3.26. The molecule has 22 heavy (non-hydrogen) atoms. The van der Waals surface area contributed by atoms with Gasteiger partial charge in [-0.3, -0.25) is 9.36 Å². The molecule has 1 fully saturated rings. The Balaban J connectivity index is 1.98. The highest BCUT2D eigenvalue weighted by molar-refractivity contribution is 5.97. The number of hydrogen-bond acceptors (Lipinski definition) is 3. The molecule has 2 aromatic rings. The summed E-state index contributed by atoms with van der Waals surface area (Å²) in [4.78, 5) is 28.8.